The molecular weight excluding hydrogens is 472 g/mol. The first-order valence-electron chi connectivity index (χ1n) is 12.3. The maximum atomic E-state index is 12.9. The van der Waals surface area contributed by atoms with Gasteiger partial charge in [-0.2, -0.15) is 0 Å². The predicted octanol–water partition coefficient (Wildman–Crippen LogP) is 4.83. The van der Waals surface area contributed by atoms with E-state index >= 15 is 0 Å². The Labute approximate surface area is 215 Å². The second-order valence-corrected chi connectivity index (χ2v) is 9.05. The number of carbonyl (C=O) groups is 3. The molecular formula is C29H28N2O6. The zero-order valence-electron chi connectivity index (χ0n) is 20.6. The first kappa shape index (κ1) is 24.5. The Kier molecular flexibility index (Phi) is 7.18. The van der Waals surface area contributed by atoms with Gasteiger partial charge >= 0.3 is 0 Å². The molecule has 1 N–H and O–H groups in total. The summed E-state index contributed by atoms with van der Waals surface area (Å²) in [6, 6.07) is 19.5. The first-order chi connectivity index (χ1) is 18.0. The molecule has 1 unspecified atom stereocenters. The number of amides is 3. The van der Waals surface area contributed by atoms with Gasteiger partial charge in [-0.3, -0.25) is 19.3 Å². The molecule has 2 heterocycles. The normalized spacial score (nSPS) is 16.6. The number of ether oxygens (including phenoxy) is 3. The van der Waals surface area contributed by atoms with E-state index in [1.54, 1.807) is 49.6 Å². The van der Waals surface area contributed by atoms with Crippen LogP contribution in [-0.4, -0.2) is 49.0 Å². The zero-order chi connectivity index (χ0) is 25.8. The highest BCUT2D eigenvalue weighted by Crippen LogP contribution is 2.31. The molecule has 3 aromatic rings. The predicted molar refractivity (Wildman–Crippen MR) is 137 cm³/mol. The summed E-state index contributed by atoms with van der Waals surface area (Å²) in [5.41, 5.74) is 2.25. The number of aryl methyl sites for hydroxylation is 1. The molecule has 5 rings (SSSR count). The summed E-state index contributed by atoms with van der Waals surface area (Å²) in [4.78, 5) is 39.5. The SMILES string of the molecule is COc1ccccc1CCC(=O)Nc1cccc(Oc2ccc3c(c2)C(=O)N(CC2CCCO2)C3=O)c1. The van der Waals surface area contributed by atoms with Crippen LogP contribution >= 0.6 is 0 Å². The third-order valence-electron chi connectivity index (χ3n) is 6.52. The molecule has 0 aromatic heterocycles. The second-order valence-electron chi connectivity index (χ2n) is 9.05. The van der Waals surface area contributed by atoms with E-state index in [0.717, 1.165) is 24.2 Å². The van der Waals surface area contributed by atoms with Gasteiger partial charge in [0.1, 0.15) is 17.2 Å². The lowest BCUT2D eigenvalue weighted by Crippen LogP contribution is -2.36. The standard InChI is InChI=1S/C29H28N2O6/c1-35-26-10-3-2-6-19(26)11-14-27(32)30-20-7-4-8-21(16-20)37-22-12-13-24-25(17-22)29(34)31(28(24)33)18-23-9-5-15-36-23/h2-4,6-8,10,12-13,16-17,23H,5,9,11,14-15,18H2,1H3,(H,30,32). The number of nitrogens with one attached hydrogen (secondary N) is 1. The van der Waals surface area contributed by atoms with E-state index in [2.05, 4.69) is 5.32 Å². The van der Waals surface area contributed by atoms with Crippen molar-refractivity contribution in [2.75, 3.05) is 25.6 Å². The molecule has 0 radical (unpaired) electrons. The zero-order valence-corrected chi connectivity index (χ0v) is 20.6. The van der Waals surface area contributed by atoms with Gasteiger partial charge in [0, 0.05) is 24.8 Å². The monoisotopic (exact) mass is 500 g/mol. The Morgan fingerprint density at radius 1 is 1.00 bits per heavy atom. The average molecular weight is 501 g/mol. The van der Waals surface area contributed by atoms with Crippen molar-refractivity contribution in [2.45, 2.75) is 31.8 Å². The van der Waals surface area contributed by atoms with Crippen molar-refractivity contribution in [3.63, 3.8) is 0 Å². The summed E-state index contributed by atoms with van der Waals surface area (Å²) in [6.45, 7) is 0.925. The molecule has 1 fully saturated rings. The lowest BCUT2D eigenvalue weighted by Gasteiger charge is -2.17. The van der Waals surface area contributed by atoms with Gasteiger partial charge in [-0.25, -0.2) is 0 Å². The van der Waals surface area contributed by atoms with Crippen molar-refractivity contribution < 1.29 is 28.6 Å². The Morgan fingerprint density at radius 2 is 1.81 bits per heavy atom. The molecule has 3 aromatic carbocycles. The number of benzene rings is 3. The molecule has 0 bridgehead atoms. The van der Waals surface area contributed by atoms with E-state index in [9.17, 15) is 14.4 Å². The fourth-order valence-corrected chi connectivity index (χ4v) is 4.65. The maximum Gasteiger partial charge on any atom is 0.261 e. The van der Waals surface area contributed by atoms with Gasteiger partial charge in [0.2, 0.25) is 5.91 Å². The van der Waals surface area contributed by atoms with Crippen LogP contribution in [0.4, 0.5) is 5.69 Å². The minimum absolute atomic E-state index is 0.106. The van der Waals surface area contributed by atoms with Crippen LogP contribution in [0.1, 0.15) is 45.5 Å². The number of methoxy groups -OCH3 is 1. The number of fused-ring (bicyclic) bond motifs is 1. The van der Waals surface area contributed by atoms with E-state index in [4.69, 9.17) is 14.2 Å². The molecule has 8 nitrogen and oxygen atoms in total. The van der Waals surface area contributed by atoms with Crippen LogP contribution in [0.5, 0.6) is 17.2 Å². The van der Waals surface area contributed by atoms with Crippen molar-refractivity contribution in [1.82, 2.24) is 4.90 Å². The van der Waals surface area contributed by atoms with Gasteiger partial charge < -0.3 is 19.5 Å². The Hall–Kier alpha value is -4.17. The summed E-state index contributed by atoms with van der Waals surface area (Å²) in [6.07, 6.45) is 2.53. The molecule has 0 saturated carbocycles. The molecule has 2 aliphatic heterocycles. The fraction of sp³-hybridized carbons (Fsp3) is 0.276. The Bertz CT molecular complexity index is 1330. The largest absolute Gasteiger partial charge is 0.496 e. The number of anilines is 1. The lowest BCUT2D eigenvalue weighted by molar-refractivity contribution is -0.116. The molecule has 0 spiro atoms. The van der Waals surface area contributed by atoms with E-state index in [1.165, 1.54) is 4.90 Å². The average Bonchev–Trinajstić information content (AvgIpc) is 3.51. The molecule has 3 amide bonds. The molecule has 0 aliphatic carbocycles. The van der Waals surface area contributed by atoms with Gasteiger partial charge in [0.25, 0.3) is 11.8 Å². The maximum absolute atomic E-state index is 12.9. The number of para-hydroxylation sites is 1. The van der Waals surface area contributed by atoms with Crippen LogP contribution in [0.15, 0.2) is 66.7 Å². The van der Waals surface area contributed by atoms with Crippen LogP contribution in [0, 0.1) is 0 Å². The second kappa shape index (κ2) is 10.8. The Morgan fingerprint density at radius 3 is 2.62 bits per heavy atom. The fourth-order valence-electron chi connectivity index (χ4n) is 4.65. The third-order valence-corrected chi connectivity index (χ3v) is 6.52. The van der Waals surface area contributed by atoms with Crippen molar-refractivity contribution >= 4 is 23.4 Å². The van der Waals surface area contributed by atoms with E-state index < -0.39 is 0 Å². The number of carbonyl (C=O) groups excluding carboxylic acids is 3. The quantitative estimate of drug-likeness (QED) is 0.423. The van der Waals surface area contributed by atoms with Crippen molar-refractivity contribution in [2.24, 2.45) is 0 Å². The number of hydrogen-bond acceptors (Lipinski definition) is 6. The van der Waals surface area contributed by atoms with Gasteiger partial charge in [-0.1, -0.05) is 24.3 Å². The minimum atomic E-state index is -0.336. The first-order valence-corrected chi connectivity index (χ1v) is 12.3. The topological polar surface area (TPSA) is 94.2 Å². The highest BCUT2D eigenvalue weighted by molar-refractivity contribution is 6.21. The Balaban J connectivity index is 1.21. The number of nitrogens with zero attached hydrogens (tertiary/aromatic N) is 1. The van der Waals surface area contributed by atoms with Crippen LogP contribution in [-0.2, 0) is 16.0 Å². The van der Waals surface area contributed by atoms with E-state index in [1.807, 2.05) is 24.3 Å². The van der Waals surface area contributed by atoms with Crippen LogP contribution < -0.4 is 14.8 Å². The van der Waals surface area contributed by atoms with Gasteiger partial charge in [0.05, 0.1) is 30.9 Å². The minimum Gasteiger partial charge on any atom is -0.496 e. The molecule has 1 saturated heterocycles. The number of rotatable bonds is 9. The lowest BCUT2D eigenvalue weighted by atomic mass is 10.1. The number of imide groups is 1. The van der Waals surface area contributed by atoms with Crippen LogP contribution in [0.25, 0.3) is 0 Å². The highest BCUT2D eigenvalue weighted by atomic mass is 16.5. The molecule has 37 heavy (non-hydrogen) atoms. The van der Waals surface area contributed by atoms with Crippen molar-refractivity contribution in [3.05, 3.63) is 83.4 Å². The van der Waals surface area contributed by atoms with Crippen molar-refractivity contribution in [1.29, 1.82) is 0 Å². The van der Waals surface area contributed by atoms with E-state index in [0.29, 0.717) is 47.8 Å². The van der Waals surface area contributed by atoms with Gasteiger partial charge in [-0.15, -0.1) is 0 Å². The molecule has 190 valence electrons. The molecule has 8 heteroatoms. The summed E-state index contributed by atoms with van der Waals surface area (Å²) >= 11 is 0. The number of hydrogen-bond donors (Lipinski definition) is 1. The summed E-state index contributed by atoms with van der Waals surface area (Å²) in [5.74, 6) is 0.914. The van der Waals surface area contributed by atoms with Gasteiger partial charge in [0.15, 0.2) is 0 Å². The summed E-state index contributed by atoms with van der Waals surface area (Å²) in [5, 5.41) is 2.89. The van der Waals surface area contributed by atoms with Gasteiger partial charge in [-0.05, 0) is 61.2 Å². The van der Waals surface area contributed by atoms with Crippen LogP contribution in [0.2, 0.25) is 0 Å². The molecule has 1 atom stereocenters. The smallest absolute Gasteiger partial charge is 0.261 e. The van der Waals surface area contributed by atoms with Crippen LogP contribution in [0.3, 0.4) is 0 Å². The summed E-state index contributed by atoms with van der Waals surface area (Å²) in [7, 11) is 1.61. The third kappa shape index (κ3) is 5.49. The molecule has 2 aliphatic rings. The van der Waals surface area contributed by atoms with E-state index in [-0.39, 0.29) is 30.4 Å². The van der Waals surface area contributed by atoms with Crippen molar-refractivity contribution in [3.8, 4) is 17.2 Å². The highest BCUT2D eigenvalue weighted by Gasteiger charge is 2.37. The summed E-state index contributed by atoms with van der Waals surface area (Å²) < 4.78 is 16.9.